The van der Waals surface area contributed by atoms with Gasteiger partial charge in [0.05, 0.1) is 26.3 Å². The molecule has 0 radical (unpaired) electrons. The van der Waals surface area contributed by atoms with Crippen molar-refractivity contribution in [2.45, 2.75) is 40.5 Å². The number of hydrogen-bond acceptors (Lipinski definition) is 7. The molecule has 7 nitrogen and oxygen atoms in total. The molecule has 2 rings (SSSR count). The van der Waals surface area contributed by atoms with Crippen LogP contribution in [0.25, 0.3) is 0 Å². The molecule has 2 aromatic rings. The number of nitrogens with one attached hydrogen (secondary N) is 1. The molecule has 164 valence electrons. The Kier molecular flexibility index (Phi) is 11.8. The molecular formula is C23H33N3O4. The van der Waals surface area contributed by atoms with E-state index >= 15 is 0 Å². The van der Waals surface area contributed by atoms with Gasteiger partial charge in [0.25, 0.3) is 0 Å². The lowest BCUT2D eigenvalue weighted by atomic mass is 10.0. The molecule has 0 bridgehead atoms. The van der Waals surface area contributed by atoms with Gasteiger partial charge in [-0.15, -0.1) is 0 Å². The number of hydrogen-bond donors (Lipinski definition) is 2. The molecule has 1 heterocycles. The molecule has 1 aromatic carbocycles. The SMILES string of the molecule is CCOC(=O)CNCC(=O)OCC.Cc1cc(CCc2ccc(N)cc2)cc(C)n1. The van der Waals surface area contributed by atoms with Gasteiger partial charge in [0.1, 0.15) is 0 Å². The van der Waals surface area contributed by atoms with Crippen LogP contribution in [-0.2, 0) is 31.9 Å². The Balaban J connectivity index is 0.000000314. The van der Waals surface area contributed by atoms with Crippen LogP contribution in [0, 0.1) is 13.8 Å². The number of carbonyl (C=O) groups is 2. The second kappa shape index (κ2) is 14.1. The van der Waals surface area contributed by atoms with Gasteiger partial charge in [-0.1, -0.05) is 12.1 Å². The Hall–Kier alpha value is -2.93. The fourth-order valence-corrected chi connectivity index (χ4v) is 2.73. The molecule has 7 heteroatoms. The number of nitrogen functional groups attached to an aromatic ring is 1. The highest BCUT2D eigenvalue weighted by Gasteiger charge is 2.04. The Morgan fingerprint density at radius 3 is 1.80 bits per heavy atom. The number of esters is 2. The number of ether oxygens (including phenoxy) is 2. The summed E-state index contributed by atoms with van der Waals surface area (Å²) in [6.45, 7) is 8.30. The van der Waals surface area contributed by atoms with Crippen LogP contribution in [0.1, 0.15) is 36.4 Å². The molecule has 0 amide bonds. The quantitative estimate of drug-likeness (QED) is 0.479. The third kappa shape index (κ3) is 11.2. The van der Waals surface area contributed by atoms with E-state index in [0.717, 1.165) is 29.9 Å². The van der Waals surface area contributed by atoms with Crippen molar-refractivity contribution in [2.75, 3.05) is 32.0 Å². The third-order valence-corrected chi connectivity index (χ3v) is 3.97. The summed E-state index contributed by atoms with van der Waals surface area (Å²) in [5.41, 5.74) is 11.4. The average molecular weight is 416 g/mol. The van der Waals surface area contributed by atoms with Crippen molar-refractivity contribution >= 4 is 17.6 Å². The van der Waals surface area contributed by atoms with E-state index in [4.69, 9.17) is 5.73 Å². The maximum Gasteiger partial charge on any atom is 0.319 e. The van der Waals surface area contributed by atoms with Crippen LogP contribution in [-0.4, -0.2) is 43.2 Å². The van der Waals surface area contributed by atoms with Gasteiger partial charge in [-0.25, -0.2) is 0 Å². The van der Waals surface area contributed by atoms with Crippen LogP contribution in [0.2, 0.25) is 0 Å². The van der Waals surface area contributed by atoms with E-state index in [2.05, 4.69) is 44.0 Å². The van der Waals surface area contributed by atoms with Gasteiger partial charge in [-0.2, -0.15) is 0 Å². The molecule has 30 heavy (non-hydrogen) atoms. The molecule has 0 saturated heterocycles. The molecule has 0 unspecified atom stereocenters. The number of aryl methyl sites for hydroxylation is 4. The zero-order valence-corrected chi connectivity index (χ0v) is 18.4. The van der Waals surface area contributed by atoms with E-state index in [1.165, 1.54) is 11.1 Å². The Morgan fingerprint density at radius 2 is 1.33 bits per heavy atom. The first-order valence-corrected chi connectivity index (χ1v) is 10.1. The van der Waals surface area contributed by atoms with Crippen LogP contribution in [0.15, 0.2) is 36.4 Å². The minimum atomic E-state index is -0.369. The van der Waals surface area contributed by atoms with E-state index in [1.54, 1.807) is 13.8 Å². The fraction of sp³-hybridized carbons (Fsp3) is 0.435. The maximum atomic E-state index is 10.7. The van der Waals surface area contributed by atoms with Gasteiger partial charge >= 0.3 is 11.9 Å². The highest BCUT2D eigenvalue weighted by atomic mass is 16.5. The van der Waals surface area contributed by atoms with Gasteiger partial charge in [0.2, 0.25) is 0 Å². The number of nitrogens with zero attached hydrogens (tertiary/aromatic N) is 1. The summed E-state index contributed by atoms with van der Waals surface area (Å²) in [4.78, 5) is 25.9. The standard InChI is InChI=1S/C15H18N2.C8H15NO4/c1-11-9-14(10-12(2)17-11)4-3-13-5-7-15(16)8-6-13;1-3-12-7(10)5-9-6-8(11)13-4-2/h5-10H,3-4,16H2,1-2H3;9H,3-6H2,1-2H3. The first-order valence-electron chi connectivity index (χ1n) is 10.1. The van der Waals surface area contributed by atoms with Crippen LogP contribution >= 0.6 is 0 Å². The summed E-state index contributed by atoms with van der Waals surface area (Å²) in [6.07, 6.45) is 2.09. The predicted molar refractivity (Wildman–Crippen MR) is 118 cm³/mol. The van der Waals surface area contributed by atoms with Crippen molar-refractivity contribution < 1.29 is 19.1 Å². The number of nitrogens with two attached hydrogens (primary N) is 1. The van der Waals surface area contributed by atoms with Crippen molar-refractivity contribution in [3.8, 4) is 0 Å². The second-order valence-electron chi connectivity index (χ2n) is 6.71. The lowest BCUT2D eigenvalue weighted by Gasteiger charge is -2.05. The summed E-state index contributed by atoms with van der Waals surface area (Å²) in [6, 6.07) is 12.4. The summed E-state index contributed by atoms with van der Waals surface area (Å²) >= 11 is 0. The second-order valence-corrected chi connectivity index (χ2v) is 6.71. The summed E-state index contributed by atoms with van der Waals surface area (Å²) in [5, 5.41) is 2.61. The van der Waals surface area contributed by atoms with Gasteiger partial charge in [-0.3, -0.25) is 19.9 Å². The molecule has 0 aliphatic carbocycles. The van der Waals surface area contributed by atoms with E-state index in [1.807, 2.05) is 26.0 Å². The molecule has 0 fully saturated rings. The van der Waals surface area contributed by atoms with Gasteiger partial charge in [0, 0.05) is 17.1 Å². The molecule has 1 aromatic heterocycles. The van der Waals surface area contributed by atoms with E-state index in [-0.39, 0.29) is 25.0 Å². The molecular weight excluding hydrogens is 382 g/mol. The Morgan fingerprint density at radius 1 is 0.867 bits per heavy atom. The minimum absolute atomic E-state index is 0.0344. The smallest absolute Gasteiger partial charge is 0.319 e. The lowest BCUT2D eigenvalue weighted by Crippen LogP contribution is -2.30. The third-order valence-electron chi connectivity index (χ3n) is 3.97. The first kappa shape index (κ1) is 25.1. The largest absolute Gasteiger partial charge is 0.465 e. The zero-order valence-electron chi connectivity index (χ0n) is 18.4. The van der Waals surface area contributed by atoms with Crippen molar-refractivity contribution in [1.82, 2.24) is 10.3 Å². The van der Waals surface area contributed by atoms with Crippen molar-refractivity contribution in [3.63, 3.8) is 0 Å². The van der Waals surface area contributed by atoms with Crippen LogP contribution in [0.5, 0.6) is 0 Å². The van der Waals surface area contributed by atoms with E-state index in [9.17, 15) is 9.59 Å². The normalized spacial score (nSPS) is 10.0. The van der Waals surface area contributed by atoms with Gasteiger partial charge in [-0.05, 0) is 75.9 Å². The highest BCUT2D eigenvalue weighted by molar-refractivity contribution is 5.74. The summed E-state index contributed by atoms with van der Waals surface area (Å²) < 4.78 is 9.26. The lowest BCUT2D eigenvalue weighted by molar-refractivity contribution is -0.143. The Labute approximate surface area is 179 Å². The number of aromatic nitrogens is 1. The van der Waals surface area contributed by atoms with Crippen molar-refractivity contribution in [1.29, 1.82) is 0 Å². The molecule has 0 aliphatic rings. The monoisotopic (exact) mass is 415 g/mol. The molecule has 0 saturated carbocycles. The predicted octanol–water partition coefficient (Wildman–Crippen LogP) is 2.77. The highest BCUT2D eigenvalue weighted by Crippen LogP contribution is 2.11. The van der Waals surface area contributed by atoms with E-state index in [0.29, 0.717) is 13.2 Å². The van der Waals surface area contributed by atoms with Crippen molar-refractivity contribution in [3.05, 3.63) is 58.9 Å². The molecule has 3 N–H and O–H groups in total. The fourth-order valence-electron chi connectivity index (χ4n) is 2.73. The number of carbonyl (C=O) groups excluding carboxylic acids is 2. The van der Waals surface area contributed by atoms with Gasteiger partial charge in [0.15, 0.2) is 0 Å². The first-order chi connectivity index (χ1) is 14.3. The van der Waals surface area contributed by atoms with E-state index < -0.39 is 0 Å². The number of benzene rings is 1. The molecule has 0 spiro atoms. The maximum absolute atomic E-state index is 10.7. The minimum Gasteiger partial charge on any atom is -0.465 e. The molecule has 0 aliphatic heterocycles. The summed E-state index contributed by atoms with van der Waals surface area (Å²) in [7, 11) is 0. The molecule has 0 atom stereocenters. The average Bonchev–Trinajstić information content (AvgIpc) is 2.68. The number of anilines is 1. The Bertz CT molecular complexity index is 753. The zero-order chi connectivity index (χ0) is 22.4. The number of rotatable bonds is 9. The van der Waals surface area contributed by atoms with Gasteiger partial charge < -0.3 is 15.2 Å². The topological polar surface area (TPSA) is 104 Å². The van der Waals surface area contributed by atoms with Crippen LogP contribution in [0.3, 0.4) is 0 Å². The van der Waals surface area contributed by atoms with Crippen LogP contribution < -0.4 is 11.1 Å². The number of pyridine rings is 1. The van der Waals surface area contributed by atoms with Crippen LogP contribution in [0.4, 0.5) is 5.69 Å². The summed E-state index contributed by atoms with van der Waals surface area (Å²) in [5.74, 6) is -0.737. The van der Waals surface area contributed by atoms with Crippen molar-refractivity contribution in [2.24, 2.45) is 0 Å².